The number of esters is 1. The molecule has 0 atom stereocenters. The minimum Gasteiger partial charge on any atom is -0.466 e. The van der Waals surface area contributed by atoms with Gasteiger partial charge in [0.25, 0.3) is 0 Å². The molecule has 4 nitrogen and oxygen atoms in total. The molecule has 3 N–H and O–H groups in total. The summed E-state index contributed by atoms with van der Waals surface area (Å²) in [7, 11) is 0. The van der Waals surface area contributed by atoms with Crippen LogP contribution in [0.4, 0.5) is 0 Å². The van der Waals surface area contributed by atoms with E-state index in [1.165, 1.54) is 0 Å². The van der Waals surface area contributed by atoms with Crippen molar-refractivity contribution in [3.8, 4) is 0 Å². The number of rotatable bonds is 5. The van der Waals surface area contributed by atoms with Crippen LogP contribution in [0.3, 0.4) is 0 Å². The Morgan fingerprint density at radius 3 is 2.00 bits per heavy atom. The van der Waals surface area contributed by atoms with E-state index in [1.807, 2.05) is 20.8 Å². The number of aliphatic hydroxyl groups excluding tert-OH is 1. The van der Waals surface area contributed by atoms with Gasteiger partial charge in [-0.2, -0.15) is 0 Å². The number of carbonyl (C=O) groups is 1. The molecule has 0 aliphatic carbocycles. The van der Waals surface area contributed by atoms with Gasteiger partial charge in [0.15, 0.2) is 0 Å². The van der Waals surface area contributed by atoms with Crippen LogP contribution >= 0.6 is 0 Å². The Morgan fingerprint density at radius 1 is 1.36 bits per heavy atom. The fourth-order valence-corrected chi connectivity index (χ4v) is 0.882. The number of hydrogen-bond donors (Lipinski definition) is 2. The van der Waals surface area contributed by atoms with Crippen LogP contribution in [0.1, 0.15) is 33.6 Å². The minimum absolute atomic E-state index is 0.0486. The standard InChI is InChI=1S/C8H16O2.C2H7NO/c1-4-7(5-2)8(9)10-6-3;3-1-2-4/h7H,4-6H2,1-3H3;4H,1-3H2. The van der Waals surface area contributed by atoms with Crippen LogP contribution in [0.2, 0.25) is 0 Å². The Balaban J connectivity index is 0. The van der Waals surface area contributed by atoms with E-state index in [9.17, 15) is 4.79 Å². The average molecular weight is 205 g/mol. The summed E-state index contributed by atoms with van der Waals surface area (Å²) in [6, 6.07) is 0. The topological polar surface area (TPSA) is 72.5 Å². The van der Waals surface area contributed by atoms with Gasteiger partial charge in [0.1, 0.15) is 0 Å². The van der Waals surface area contributed by atoms with Gasteiger partial charge in [-0.15, -0.1) is 0 Å². The van der Waals surface area contributed by atoms with E-state index >= 15 is 0 Å². The Hall–Kier alpha value is -0.610. The summed E-state index contributed by atoms with van der Waals surface area (Å²) >= 11 is 0. The minimum atomic E-state index is -0.0486. The molecule has 4 heteroatoms. The molecule has 86 valence electrons. The lowest BCUT2D eigenvalue weighted by atomic mass is 10.0. The molecule has 0 spiro atoms. The van der Waals surface area contributed by atoms with Crippen molar-refractivity contribution in [2.45, 2.75) is 33.6 Å². The summed E-state index contributed by atoms with van der Waals surface area (Å²) in [4.78, 5) is 11.0. The number of aliphatic hydroxyl groups is 1. The molecule has 0 unspecified atom stereocenters. The molecule has 0 amide bonds. The van der Waals surface area contributed by atoms with Crippen LogP contribution in [-0.2, 0) is 9.53 Å². The zero-order valence-electron chi connectivity index (χ0n) is 9.45. The molecule has 0 rings (SSSR count). The first-order valence-electron chi connectivity index (χ1n) is 5.15. The van der Waals surface area contributed by atoms with Crippen LogP contribution in [0.25, 0.3) is 0 Å². The predicted molar refractivity (Wildman–Crippen MR) is 56.8 cm³/mol. The molecule has 0 saturated carbocycles. The van der Waals surface area contributed by atoms with Crippen molar-refractivity contribution in [2.24, 2.45) is 11.7 Å². The Kier molecular flexibility index (Phi) is 14.0. The third-order valence-electron chi connectivity index (χ3n) is 1.73. The molecule has 0 aromatic heterocycles. The lowest BCUT2D eigenvalue weighted by Crippen LogP contribution is -2.15. The summed E-state index contributed by atoms with van der Waals surface area (Å²) in [6.45, 7) is 6.81. The van der Waals surface area contributed by atoms with E-state index in [0.717, 1.165) is 12.8 Å². The van der Waals surface area contributed by atoms with Gasteiger partial charge in [0.2, 0.25) is 0 Å². The maximum Gasteiger partial charge on any atom is 0.308 e. The van der Waals surface area contributed by atoms with Gasteiger partial charge in [-0.25, -0.2) is 0 Å². The van der Waals surface area contributed by atoms with Crippen LogP contribution in [0, 0.1) is 5.92 Å². The molecule has 14 heavy (non-hydrogen) atoms. The van der Waals surface area contributed by atoms with Crippen molar-refractivity contribution < 1.29 is 14.6 Å². The van der Waals surface area contributed by atoms with Crippen LogP contribution in [0.5, 0.6) is 0 Å². The van der Waals surface area contributed by atoms with Crippen molar-refractivity contribution in [2.75, 3.05) is 19.8 Å². The molecule has 0 aliphatic heterocycles. The van der Waals surface area contributed by atoms with Crippen molar-refractivity contribution in [3.63, 3.8) is 0 Å². The molecule has 0 aliphatic rings. The van der Waals surface area contributed by atoms with Gasteiger partial charge in [0, 0.05) is 6.54 Å². The monoisotopic (exact) mass is 205 g/mol. The summed E-state index contributed by atoms with van der Waals surface area (Å²) < 4.78 is 4.85. The van der Waals surface area contributed by atoms with E-state index < -0.39 is 0 Å². The van der Waals surface area contributed by atoms with Crippen LogP contribution < -0.4 is 5.73 Å². The quantitative estimate of drug-likeness (QED) is 0.655. The summed E-state index contributed by atoms with van der Waals surface area (Å²) in [5, 5.41) is 7.75. The van der Waals surface area contributed by atoms with E-state index in [4.69, 9.17) is 15.6 Å². The summed E-state index contributed by atoms with van der Waals surface area (Å²) in [6.07, 6.45) is 1.77. The molecule has 0 heterocycles. The Labute approximate surface area is 86.4 Å². The molecule has 0 fully saturated rings. The van der Waals surface area contributed by atoms with Gasteiger partial charge in [0.05, 0.1) is 19.1 Å². The number of carbonyl (C=O) groups excluding carboxylic acids is 1. The predicted octanol–water partition coefficient (Wildman–Crippen LogP) is 0.923. The second-order valence-electron chi connectivity index (χ2n) is 2.78. The highest BCUT2D eigenvalue weighted by Crippen LogP contribution is 2.08. The lowest BCUT2D eigenvalue weighted by molar-refractivity contribution is -0.148. The van der Waals surface area contributed by atoms with E-state index in [2.05, 4.69) is 0 Å². The zero-order valence-corrected chi connectivity index (χ0v) is 9.45. The SMILES string of the molecule is CCOC(=O)C(CC)CC.NCCO. The van der Waals surface area contributed by atoms with E-state index in [0.29, 0.717) is 13.2 Å². The number of hydrogen-bond acceptors (Lipinski definition) is 4. The Morgan fingerprint density at radius 2 is 1.79 bits per heavy atom. The van der Waals surface area contributed by atoms with Crippen LogP contribution in [-0.4, -0.2) is 30.8 Å². The van der Waals surface area contributed by atoms with E-state index in [1.54, 1.807) is 0 Å². The fourth-order valence-electron chi connectivity index (χ4n) is 0.882. The molecule has 0 aromatic rings. The number of nitrogens with two attached hydrogens (primary N) is 1. The first-order valence-corrected chi connectivity index (χ1v) is 5.15. The van der Waals surface area contributed by atoms with Crippen molar-refractivity contribution in [3.05, 3.63) is 0 Å². The Bertz CT molecular complexity index is 123. The highest BCUT2D eigenvalue weighted by Gasteiger charge is 2.13. The summed E-state index contributed by atoms with van der Waals surface area (Å²) in [5.74, 6) is 0.0625. The molecular formula is C10H23NO3. The van der Waals surface area contributed by atoms with Gasteiger partial charge >= 0.3 is 5.97 Å². The van der Waals surface area contributed by atoms with Gasteiger partial charge in [-0.05, 0) is 19.8 Å². The second kappa shape index (κ2) is 12.4. The highest BCUT2D eigenvalue weighted by atomic mass is 16.5. The normalized spacial score (nSPS) is 9.29. The van der Waals surface area contributed by atoms with E-state index in [-0.39, 0.29) is 18.5 Å². The first kappa shape index (κ1) is 15.8. The first-order chi connectivity index (χ1) is 6.67. The highest BCUT2D eigenvalue weighted by molar-refractivity contribution is 5.72. The van der Waals surface area contributed by atoms with Crippen LogP contribution in [0.15, 0.2) is 0 Å². The molecule has 0 bridgehead atoms. The van der Waals surface area contributed by atoms with Gasteiger partial charge in [-0.1, -0.05) is 13.8 Å². The largest absolute Gasteiger partial charge is 0.466 e. The van der Waals surface area contributed by atoms with Crippen molar-refractivity contribution in [1.29, 1.82) is 0 Å². The maximum atomic E-state index is 11.0. The number of ether oxygens (including phenoxy) is 1. The molecular weight excluding hydrogens is 182 g/mol. The van der Waals surface area contributed by atoms with Crippen molar-refractivity contribution in [1.82, 2.24) is 0 Å². The summed E-state index contributed by atoms with van der Waals surface area (Å²) in [5.41, 5.74) is 4.78. The van der Waals surface area contributed by atoms with Gasteiger partial charge in [-0.3, -0.25) is 4.79 Å². The maximum absolute atomic E-state index is 11.0. The average Bonchev–Trinajstić information content (AvgIpc) is 2.20. The second-order valence-corrected chi connectivity index (χ2v) is 2.78. The van der Waals surface area contributed by atoms with Crippen molar-refractivity contribution >= 4 is 5.97 Å². The molecule has 0 radical (unpaired) electrons. The lowest BCUT2D eigenvalue weighted by Gasteiger charge is -2.09. The fraction of sp³-hybridized carbons (Fsp3) is 0.900. The third-order valence-corrected chi connectivity index (χ3v) is 1.73. The zero-order chi connectivity index (χ0) is 11.4. The molecule has 0 saturated heterocycles. The van der Waals surface area contributed by atoms with Gasteiger partial charge < -0.3 is 15.6 Å². The smallest absolute Gasteiger partial charge is 0.308 e. The molecule has 0 aromatic carbocycles. The third kappa shape index (κ3) is 9.48.